The quantitative estimate of drug-likeness (QED) is 0.924. The zero-order valence-electron chi connectivity index (χ0n) is 10.7. The van der Waals surface area contributed by atoms with Crippen LogP contribution in [0.4, 0.5) is 10.1 Å². The van der Waals surface area contributed by atoms with Crippen LogP contribution in [0.2, 0.25) is 0 Å². The van der Waals surface area contributed by atoms with Crippen LogP contribution in [0.25, 0.3) is 0 Å². The first kappa shape index (κ1) is 14.3. The Morgan fingerprint density at radius 2 is 2.16 bits per heavy atom. The average molecular weight is 331 g/mol. The van der Waals surface area contributed by atoms with Gasteiger partial charge >= 0.3 is 0 Å². The molecule has 1 aliphatic heterocycles. The molecule has 1 heterocycles. The Labute approximate surface area is 120 Å². The highest BCUT2D eigenvalue weighted by Crippen LogP contribution is 2.20. The number of anilines is 1. The number of nitrogens with one attached hydrogen (secondary N) is 1. The monoisotopic (exact) mass is 330 g/mol. The maximum absolute atomic E-state index is 13.1. The largest absolute Gasteiger partial charge is 0.378 e. The summed E-state index contributed by atoms with van der Waals surface area (Å²) < 4.78 is 18.7. The summed E-state index contributed by atoms with van der Waals surface area (Å²) >= 11 is 3.12. The summed E-state index contributed by atoms with van der Waals surface area (Å²) in [6, 6.07) is 4.25. The van der Waals surface area contributed by atoms with E-state index in [2.05, 4.69) is 21.2 Å². The number of rotatable bonds is 3. The van der Waals surface area contributed by atoms with E-state index in [0.29, 0.717) is 36.5 Å². The molecule has 0 saturated carbocycles. The van der Waals surface area contributed by atoms with Crippen LogP contribution in [-0.2, 0) is 9.53 Å². The Hall–Kier alpha value is -1.14. The molecular formula is C13H16BrFN2O2. The molecule has 0 radical (unpaired) electrons. The SMILES string of the molecule is CC(Nc1ccc(F)c(Br)c1)C(=O)N1CCOCC1. The lowest BCUT2D eigenvalue weighted by Crippen LogP contribution is -2.46. The lowest BCUT2D eigenvalue weighted by molar-refractivity contribution is -0.135. The minimum atomic E-state index is -0.351. The summed E-state index contributed by atoms with van der Waals surface area (Å²) in [7, 11) is 0. The van der Waals surface area contributed by atoms with E-state index in [4.69, 9.17) is 4.74 Å². The number of halogens is 2. The zero-order valence-corrected chi connectivity index (χ0v) is 12.2. The van der Waals surface area contributed by atoms with Crippen molar-refractivity contribution in [1.82, 2.24) is 4.90 Å². The topological polar surface area (TPSA) is 41.6 Å². The lowest BCUT2D eigenvalue weighted by Gasteiger charge is -2.29. The van der Waals surface area contributed by atoms with E-state index in [-0.39, 0.29) is 17.8 Å². The second-order valence-corrected chi connectivity index (χ2v) is 5.29. The average Bonchev–Trinajstić information content (AvgIpc) is 2.43. The predicted molar refractivity (Wildman–Crippen MR) is 74.6 cm³/mol. The fourth-order valence-corrected chi connectivity index (χ4v) is 2.33. The number of ether oxygens (including phenoxy) is 1. The van der Waals surface area contributed by atoms with Gasteiger partial charge in [-0.15, -0.1) is 0 Å². The zero-order chi connectivity index (χ0) is 13.8. The van der Waals surface area contributed by atoms with Gasteiger partial charge in [-0.25, -0.2) is 4.39 Å². The van der Waals surface area contributed by atoms with Crippen LogP contribution < -0.4 is 5.32 Å². The van der Waals surface area contributed by atoms with Gasteiger partial charge in [0.25, 0.3) is 0 Å². The standard InChI is InChI=1S/C13H16BrFN2O2/c1-9(13(18)17-4-6-19-7-5-17)16-10-2-3-12(15)11(14)8-10/h2-3,8-9,16H,4-7H2,1H3. The van der Waals surface area contributed by atoms with Gasteiger partial charge in [-0.3, -0.25) is 4.79 Å². The minimum Gasteiger partial charge on any atom is -0.378 e. The molecule has 104 valence electrons. The molecule has 19 heavy (non-hydrogen) atoms. The molecule has 0 spiro atoms. The third kappa shape index (κ3) is 3.67. The molecule has 0 aliphatic carbocycles. The van der Waals surface area contributed by atoms with Crippen molar-refractivity contribution in [3.63, 3.8) is 0 Å². The summed E-state index contributed by atoms with van der Waals surface area (Å²) in [6.07, 6.45) is 0. The Morgan fingerprint density at radius 1 is 1.47 bits per heavy atom. The summed E-state index contributed by atoms with van der Waals surface area (Å²) in [5.74, 6) is -0.290. The van der Waals surface area contributed by atoms with Gasteiger partial charge in [0.15, 0.2) is 0 Å². The molecule has 1 atom stereocenters. The molecule has 1 amide bonds. The van der Waals surface area contributed by atoms with Crippen molar-refractivity contribution in [2.45, 2.75) is 13.0 Å². The van der Waals surface area contributed by atoms with Gasteiger partial charge in [-0.05, 0) is 41.1 Å². The van der Waals surface area contributed by atoms with E-state index in [0.717, 1.165) is 0 Å². The number of hydrogen-bond acceptors (Lipinski definition) is 3. The number of morpholine rings is 1. The minimum absolute atomic E-state index is 0.0312. The van der Waals surface area contributed by atoms with Crippen LogP contribution in [-0.4, -0.2) is 43.2 Å². The molecule has 6 heteroatoms. The maximum Gasteiger partial charge on any atom is 0.244 e. The van der Waals surface area contributed by atoms with Gasteiger partial charge in [0.05, 0.1) is 17.7 Å². The van der Waals surface area contributed by atoms with E-state index in [1.165, 1.54) is 6.07 Å². The van der Waals surface area contributed by atoms with Crippen molar-refractivity contribution in [3.05, 3.63) is 28.5 Å². The van der Waals surface area contributed by atoms with Gasteiger partial charge in [0.1, 0.15) is 11.9 Å². The van der Waals surface area contributed by atoms with Crippen molar-refractivity contribution in [1.29, 1.82) is 0 Å². The second-order valence-electron chi connectivity index (χ2n) is 4.43. The lowest BCUT2D eigenvalue weighted by atomic mass is 10.2. The number of hydrogen-bond donors (Lipinski definition) is 1. The number of carbonyl (C=O) groups excluding carboxylic acids is 1. The van der Waals surface area contributed by atoms with Crippen molar-refractivity contribution in [2.75, 3.05) is 31.6 Å². The van der Waals surface area contributed by atoms with E-state index < -0.39 is 0 Å². The molecular weight excluding hydrogens is 315 g/mol. The Balaban J connectivity index is 1.97. The molecule has 2 rings (SSSR count). The first-order chi connectivity index (χ1) is 9.08. The normalized spacial score (nSPS) is 17.1. The molecule has 4 nitrogen and oxygen atoms in total. The van der Waals surface area contributed by atoms with Crippen LogP contribution >= 0.6 is 15.9 Å². The number of nitrogens with zero attached hydrogens (tertiary/aromatic N) is 1. The van der Waals surface area contributed by atoms with E-state index >= 15 is 0 Å². The fourth-order valence-electron chi connectivity index (χ4n) is 1.96. The summed E-state index contributed by atoms with van der Waals surface area (Å²) in [5.41, 5.74) is 0.711. The second kappa shape index (κ2) is 6.34. The molecule has 1 aromatic rings. The highest BCUT2D eigenvalue weighted by atomic mass is 79.9. The first-order valence-electron chi connectivity index (χ1n) is 6.16. The van der Waals surface area contributed by atoms with Gasteiger partial charge < -0.3 is 15.0 Å². The van der Waals surface area contributed by atoms with Crippen LogP contribution in [0.5, 0.6) is 0 Å². The maximum atomic E-state index is 13.1. The molecule has 0 aromatic heterocycles. The fraction of sp³-hybridized carbons (Fsp3) is 0.462. The van der Waals surface area contributed by atoms with Gasteiger partial charge in [0, 0.05) is 18.8 Å². The van der Waals surface area contributed by atoms with Crippen LogP contribution in [0.1, 0.15) is 6.92 Å². The third-order valence-corrected chi connectivity index (χ3v) is 3.60. The molecule has 1 unspecified atom stereocenters. The van der Waals surface area contributed by atoms with Gasteiger partial charge in [-0.2, -0.15) is 0 Å². The Kier molecular flexibility index (Phi) is 4.76. The summed E-state index contributed by atoms with van der Waals surface area (Å²) in [5, 5.41) is 3.08. The highest BCUT2D eigenvalue weighted by Gasteiger charge is 2.22. The smallest absolute Gasteiger partial charge is 0.244 e. The van der Waals surface area contributed by atoms with Gasteiger partial charge in [0.2, 0.25) is 5.91 Å². The summed E-state index contributed by atoms with van der Waals surface area (Å²) in [6.45, 7) is 4.21. The van der Waals surface area contributed by atoms with Gasteiger partial charge in [-0.1, -0.05) is 0 Å². The molecule has 1 N–H and O–H groups in total. The van der Waals surface area contributed by atoms with Crippen molar-refractivity contribution >= 4 is 27.5 Å². The van der Waals surface area contributed by atoms with Crippen molar-refractivity contribution in [2.24, 2.45) is 0 Å². The Morgan fingerprint density at radius 3 is 2.79 bits per heavy atom. The van der Waals surface area contributed by atoms with Crippen LogP contribution in [0.3, 0.4) is 0 Å². The van der Waals surface area contributed by atoms with Crippen molar-refractivity contribution in [3.8, 4) is 0 Å². The molecule has 1 aliphatic rings. The van der Waals surface area contributed by atoms with Crippen molar-refractivity contribution < 1.29 is 13.9 Å². The van der Waals surface area contributed by atoms with E-state index in [1.54, 1.807) is 24.0 Å². The highest BCUT2D eigenvalue weighted by molar-refractivity contribution is 9.10. The Bertz CT molecular complexity index is 464. The third-order valence-electron chi connectivity index (χ3n) is 3.00. The predicted octanol–water partition coefficient (Wildman–Crippen LogP) is 2.25. The number of amides is 1. The molecule has 1 saturated heterocycles. The first-order valence-corrected chi connectivity index (χ1v) is 6.95. The molecule has 0 bridgehead atoms. The molecule has 1 aromatic carbocycles. The van der Waals surface area contributed by atoms with Crippen LogP contribution in [0.15, 0.2) is 22.7 Å². The summed E-state index contributed by atoms with van der Waals surface area (Å²) in [4.78, 5) is 14.0. The number of carbonyl (C=O) groups is 1. The molecule has 1 fully saturated rings. The van der Waals surface area contributed by atoms with Crippen LogP contribution in [0, 0.1) is 5.82 Å². The van der Waals surface area contributed by atoms with E-state index in [1.807, 2.05) is 0 Å². The number of benzene rings is 1. The van der Waals surface area contributed by atoms with E-state index in [9.17, 15) is 9.18 Å².